The second kappa shape index (κ2) is 6.55. The van der Waals surface area contributed by atoms with Gasteiger partial charge in [0.05, 0.1) is 11.9 Å². The Kier molecular flexibility index (Phi) is 4.10. The van der Waals surface area contributed by atoms with E-state index in [-0.39, 0.29) is 5.91 Å². The van der Waals surface area contributed by atoms with Gasteiger partial charge in [-0.25, -0.2) is 4.68 Å². The van der Waals surface area contributed by atoms with E-state index in [0.717, 1.165) is 29.7 Å². The third-order valence-electron chi connectivity index (χ3n) is 4.77. The van der Waals surface area contributed by atoms with Gasteiger partial charge in [-0.3, -0.25) is 4.79 Å². The minimum Gasteiger partial charge on any atom is -0.337 e. The lowest BCUT2D eigenvalue weighted by atomic mass is 10.1. The Labute approximate surface area is 147 Å². The molecule has 0 aliphatic heterocycles. The van der Waals surface area contributed by atoms with E-state index in [1.807, 2.05) is 60.5 Å². The van der Waals surface area contributed by atoms with Crippen LogP contribution >= 0.6 is 0 Å². The summed E-state index contributed by atoms with van der Waals surface area (Å²) in [4.78, 5) is 14.5. The average Bonchev–Trinajstić information content (AvgIpc) is 3.30. The Hall–Kier alpha value is -2.88. The van der Waals surface area contributed by atoms with Crippen molar-refractivity contribution in [3.63, 3.8) is 0 Å². The highest BCUT2D eigenvalue weighted by atomic mass is 16.2. The first-order valence-corrected chi connectivity index (χ1v) is 8.67. The first-order chi connectivity index (χ1) is 12.2. The van der Waals surface area contributed by atoms with Gasteiger partial charge in [0.25, 0.3) is 5.91 Å². The largest absolute Gasteiger partial charge is 0.337 e. The molecular weight excluding hydrogens is 310 g/mol. The van der Waals surface area contributed by atoms with Crippen molar-refractivity contribution < 1.29 is 4.79 Å². The molecule has 0 unspecified atom stereocenters. The Morgan fingerprint density at radius 3 is 2.76 bits per heavy atom. The summed E-state index contributed by atoms with van der Waals surface area (Å²) in [5, 5.41) is 4.40. The molecule has 126 valence electrons. The van der Waals surface area contributed by atoms with Crippen LogP contribution in [-0.4, -0.2) is 27.6 Å². The number of para-hydroxylation sites is 1. The summed E-state index contributed by atoms with van der Waals surface area (Å²) >= 11 is 0. The maximum absolute atomic E-state index is 12.7. The first-order valence-electron chi connectivity index (χ1n) is 8.67. The molecule has 25 heavy (non-hydrogen) atoms. The van der Waals surface area contributed by atoms with Crippen molar-refractivity contribution >= 4 is 5.91 Å². The number of aryl methyl sites for hydroxylation is 2. The van der Waals surface area contributed by atoms with E-state index in [1.165, 1.54) is 17.5 Å². The number of amides is 1. The van der Waals surface area contributed by atoms with E-state index < -0.39 is 0 Å². The van der Waals surface area contributed by atoms with Crippen LogP contribution in [0.3, 0.4) is 0 Å². The number of fused-ring (bicyclic) bond motifs is 1. The highest BCUT2D eigenvalue weighted by Crippen LogP contribution is 2.23. The molecule has 0 fully saturated rings. The van der Waals surface area contributed by atoms with E-state index in [0.29, 0.717) is 6.54 Å². The van der Waals surface area contributed by atoms with Gasteiger partial charge in [0.15, 0.2) is 0 Å². The number of benzene rings is 2. The molecule has 0 saturated heterocycles. The summed E-state index contributed by atoms with van der Waals surface area (Å²) in [5.41, 5.74) is 5.53. The second-order valence-corrected chi connectivity index (χ2v) is 6.63. The normalized spacial score (nSPS) is 12.8. The SMILES string of the molecule is CN(Cc1cnn(-c2ccccc2)c1)C(=O)c1ccc2c(c1)CCC2. The predicted octanol–water partition coefficient (Wildman–Crippen LogP) is 3.63. The molecule has 0 atom stereocenters. The molecular formula is C21H21N3O. The summed E-state index contributed by atoms with van der Waals surface area (Å²) < 4.78 is 1.84. The van der Waals surface area contributed by atoms with Crippen molar-refractivity contribution in [3.05, 3.63) is 83.2 Å². The number of rotatable bonds is 4. The van der Waals surface area contributed by atoms with Gasteiger partial charge in [0.1, 0.15) is 0 Å². The molecule has 0 bridgehead atoms. The zero-order chi connectivity index (χ0) is 17.2. The fraction of sp³-hybridized carbons (Fsp3) is 0.238. The minimum absolute atomic E-state index is 0.0576. The van der Waals surface area contributed by atoms with Crippen LogP contribution in [0.15, 0.2) is 60.9 Å². The van der Waals surface area contributed by atoms with Crippen LogP contribution in [0.1, 0.15) is 33.5 Å². The van der Waals surface area contributed by atoms with Crippen LogP contribution in [-0.2, 0) is 19.4 Å². The van der Waals surface area contributed by atoms with Crippen molar-refractivity contribution in [2.24, 2.45) is 0 Å². The van der Waals surface area contributed by atoms with Crippen LogP contribution in [0.2, 0.25) is 0 Å². The molecule has 2 aromatic carbocycles. The van der Waals surface area contributed by atoms with Crippen LogP contribution in [0.4, 0.5) is 0 Å². The molecule has 4 heteroatoms. The average molecular weight is 331 g/mol. The summed E-state index contributed by atoms with van der Waals surface area (Å²) in [7, 11) is 1.84. The maximum atomic E-state index is 12.7. The smallest absolute Gasteiger partial charge is 0.253 e. The van der Waals surface area contributed by atoms with Crippen LogP contribution in [0, 0.1) is 0 Å². The van der Waals surface area contributed by atoms with Crippen LogP contribution in [0.25, 0.3) is 5.69 Å². The van der Waals surface area contributed by atoms with Gasteiger partial charge in [-0.15, -0.1) is 0 Å². The van der Waals surface area contributed by atoms with Gasteiger partial charge < -0.3 is 4.90 Å². The summed E-state index contributed by atoms with van der Waals surface area (Å²) in [5.74, 6) is 0.0576. The van der Waals surface area contributed by atoms with Gasteiger partial charge in [-0.1, -0.05) is 24.3 Å². The highest BCUT2D eigenvalue weighted by Gasteiger charge is 2.17. The number of carbonyl (C=O) groups excluding carboxylic acids is 1. The molecule has 0 N–H and O–H groups in total. The molecule has 0 radical (unpaired) electrons. The molecule has 1 amide bonds. The standard InChI is InChI=1S/C21H21N3O/c1-23(21(25)19-11-10-17-6-5-7-18(17)12-19)14-16-13-22-24(15-16)20-8-3-2-4-9-20/h2-4,8-13,15H,5-7,14H2,1H3. The minimum atomic E-state index is 0.0576. The van der Waals surface area contributed by atoms with E-state index in [9.17, 15) is 4.79 Å². The monoisotopic (exact) mass is 331 g/mol. The Morgan fingerprint density at radius 1 is 1.12 bits per heavy atom. The van der Waals surface area contributed by atoms with Gasteiger partial charge in [0, 0.05) is 30.9 Å². The van der Waals surface area contributed by atoms with E-state index in [4.69, 9.17) is 0 Å². The van der Waals surface area contributed by atoms with Gasteiger partial charge >= 0.3 is 0 Å². The van der Waals surface area contributed by atoms with E-state index >= 15 is 0 Å². The molecule has 1 aliphatic carbocycles. The lowest BCUT2D eigenvalue weighted by molar-refractivity contribution is 0.0785. The molecule has 1 aliphatic rings. The lowest BCUT2D eigenvalue weighted by Gasteiger charge is -2.17. The van der Waals surface area contributed by atoms with Crippen molar-refractivity contribution in [1.29, 1.82) is 0 Å². The van der Waals surface area contributed by atoms with Crippen LogP contribution < -0.4 is 0 Å². The topological polar surface area (TPSA) is 38.1 Å². The molecule has 1 aromatic heterocycles. The molecule has 0 saturated carbocycles. The molecule has 0 spiro atoms. The van der Waals surface area contributed by atoms with E-state index in [1.54, 1.807) is 4.90 Å². The van der Waals surface area contributed by atoms with Crippen molar-refractivity contribution in [1.82, 2.24) is 14.7 Å². The quantitative estimate of drug-likeness (QED) is 0.732. The second-order valence-electron chi connectivity index (χ2n) is 6.63. The molecule has 1 heterocycles. The number of hydrogen-bond donors (Lipinski definition) is 0. The summed E-state index contributed by atoms with van der Waals surface area (Å²) in [6, 6.07) is 16.1. The van der Waals surface area contributed by atoms with Crippen molar-refractivity contribution in [2.45, 2.75) is 25.8 Å². The van der Waals surface area contributed by atoms with Crippen molar-refractivity contribution in [3.8, 4) is 5.69 Å². The first kappa shape index (κ1) is 15.6. The number of hydrogen-bond acceptors (Lipinski definition) is 2. The third-order valence-corrected chi connectivity index (χ3v) is 4.77. The van der Waals surface area contributed by atoms with Gasteiger partial charge in [0.2, 0.25) is 0 Å². The van der Waals surface area contributed by atoms with Gasteiger partial charge in [-0.2, -0.15) is 5.10 Å². The molecule has 4 rings (SSSR count). The highest BCUT2D eigenvalue weighted by molar-refractivity contribution is 5.94. The zero-order valence-electron chi connectivity index (χ0n) is 14.4. The Bertz CT molecular complexity index is 899. The van der Waals surface area contributed by atoms with E-state index in [2.05, 4.69) is 17.2 Å². The Morgan fingerprint density at radius 2 is 1.92 bits per heavy atom. The zero-order valence-corrected chi connectivity index (χ0v) is 14.4. The molecule has 4 nitrogen and oxygen atoms in total. The molecule has 3 aromatic rings. The number of carbonyl (C=O) groups is 1. The lowest BCUT2D eigenvalue weighted by Crippen LogP contribution is -2.26. The fourth-order valence-electron chi connectivity index (χ4n) is 3.43. The van der Waals surface area contributed by atoms with Gasteiger partial charge in [-0.05, 0) is 54.7 Å². The number of aromatic nitrogens is 2. The maximum Gasteiger partial charge on any atom is 0.253 e. The third kappa shape index (κ3) is 3.20. The summed E-state index contributed by atoms with van der Waals surface area (Å²) in [6.45, 7) is 0.544. The predicted molar refractivity (Wildman–Crippen MR) is 97.8 cm³/mol. The number of nitrogens with zero attached hydrogens (tertiary/aromatic N) is 3. The van der Waals surface area contributed by atoms with Crippen LogP contribution in [0.5, 0.6) is 0 Å². The fourth-order valence-corrected chi connectivity index (χ4v) is 3.43. The Balaban J connectivity index is 1.47. The van der Waals surface area contributed by atoms with Crippen molar-refractivity contribution in [2.75, 3.05) is 7.05 Å². The summed E-state index contributed by atoms with van der Waals surface area (Å²) in [6.07, 6.45) is 7.21.